The van der Waals surface area contributed by atoms with Crippen LogP contribution in [0.5, 0.6) is 5.75 Å². The molecular weight excluding hydrogens is 348 g/mol. The Labute approximate surface area is 157 Å². The number of phenols is 1. The van der Waals surface area contributed by atoms with Crippen LogP contribution >= 0.6 is 11.6 Å². The topological polar surface area (TPSA) is 63.3 Å². The molecule has 6 heteroatoms. The maximum Gasteiger partial charge on any atom is 0.164 e. The molecule has 1 aliphatic rings. The van der Waals surface area contributed by atoms with E-state index in [2.05, 4.69) is 19.8 Å². The van der Waals surface area contributed by atoms with E-state index in [4.69, 9.17) is 11.6 Å². The quantitative estimate of drug-likeness (QED) is 0.678. The number of fused-ring (bicyclic) bond motifs is 1. The van der Waals surface area contributed by atoms with Crippen LogP contribution in [0.1, 0.15) is 30.7 Å². The van der Waals surface area contributed by atoms with Crippen LogP contribution in [-0.2, 0) is 13.0 Å². The van der Waals surface area contributed by atoms with Gasteiger partial charge in [0.05, 0.1) is 5.69 Å². The molecule has 3 aromatic rings. The summed E-state index contributed by atoms with van der Waals surface area (Å²) in [6.45, 7) is 0.960. The van der Waals surface area contributed by atoms with Gasteiger partial charge < -0.3 is 9.67 Å². The minimum atomic E-state index is 0.150. The number of aliphatic imine (C=N–C) groups is 1. The molecule has 5 nitrogen and oxygen atoms in total. The molecule has 1 aromatic heterocycles. The molecule has 0 aliphatic carbocycles. The SMILES string of the molecule is Oc1ccc(Cl)cc1C=Nc1cccc(-c2nnc3n2CCCCC3)c1. The fourth-order valence-corrected chi connectivity index (χ4v) is 3.38. The fraction of sp³-hybridized carbons (Fsp3) is 0.250. The number of aromatic hydroxyl groups is 1. The van der Waals surface area contributed by atoms with E-state index < -0.39 is 0 Å². The van der Waals surface area contributed by atoms with Gasteiger partial charge in [-0.25, -0.2) is 0 Å². The van der Waals surface area contributed by atoms with Crippen LogP contribution in [0.15, 0.2) is 47.5 Å². The van der Waals surface area contributed by atoms with E-state index in [1.807, 2.05) is 24.3 Å². The van der Waals surface area contributed by atoms with Crippen LogP contribution in [0.4, 0.5) is 5.69 Å². The number of nitrogens with zero attached hydrogens (tertiary/aromatic N) is 4. The summed E-state index contributed by atoms with van der Waals surface area (Å²) in [6.07, 6.45) is 6.16. The smallest absolute Gasteiger partial charge is 0.164 e. The highest BCUT2D eigenvalue weighted by molar-refractivity contribution is 6.30. The highest BCUT2D eigenvalue weighted by Gasteiger charge is 2.16. The second-order valence-electron chi connectivity index (χ2n) is 6.41. The number of hydrogen-bond acceptors (Lipinski definition) is 4. The Bertz CT molecular complexity index is 964. The summed E-state index contributed by atoms with van der Waals surface area (Å²) in [5.74, 6) is 2.11. The highest BCUT2D eigenvalue weighted by atomic mass is 35.5. The summed E-state index contributed by atoms with van der Waals surface area (Å²) in [5, 5.41) is 19.2. The first kappa shape index (κ1) is 16.8. The van der Waals surface area contributed by atoms with Crippen molar-refractivity contribution in [2.24, 2.45) is 4.99 Å². The van der Waals surface area contributed by atoms with Gasteiger partial charge >= 0.3 is 0 Å². The lowest BCUT2D eigenvalue weighted by Gasteiger charge is -2.07. The third-order valence-corrected chi connectivity index (χ3v) is 4.79. The molecule has 0 fully saturated rings. The standard InChI is InChI=1S/C20H19ClN4O/c21-16-8-9-18(26)15(11-16)13-22-17-6-4-5-14(12-17)20-24-23-19-7-2-1-3-10-25(19)20/h4-6,8-9,11-13,26H,1-3,7,10H2. The molecule has 4 rings (SSSR count). The van der Waals surface area contributed by atoms with Crippen molar-refractivity contribution >= 4 is 23.5 Å². The predicted molar refractivity (Wildman–Crippen MR) is 103 cm³/mol. The zero-order valence-corrected chi connectivity index (χ0v) is 15.0. The lowest BCUT2D eigenvalue weighted by atomic mass is 10.2. The Morgan fingerprint density at radius 1 is 1.08 bits per heavy atom. The number of benzene rings is 2. The van der Waals surface area contributed by atoms with Gasteiger partial charge in [0, 0.05) is 35.3 Å². The second kappa shape index (κ2) is 7.30. The number of aryl methyl sites for hydroxylation is 1. The first-order valence-electron chi connectivity index (χ1n) is 8.76. The summed E-state index contributed by atoms with van der Waals surface area (Å²) >= 11 is 5.98. The summed E-state index contributed by atoms with van der Waals surface area (Å²) in [6, 6.07) is 12.8. The molecule has 2 heterocycles. The zero-order valence-electron chi connectivity index (χ0n) is 14.3. The lowest BCUT2D eigenvalue weighted by Crippen LogP contribution is -2.02. The van der Waals surface area contributed by atoms with Crippen LogP contribution < -0.4 is 0 Å². The molecule has 0 atom stereocenters. The van der Waals surface area contributed by atoms with Gasteiger partial charge in [0.1, 0.15) is 11.6 Å². The maximum absolute atomic E-state index is 9.91. The Hall–Kier alpha value is -2.66. The largest absolute Gasteiger partial charge is 0.507 e. The minimum absolute atomic E-state index is 0.150. The molecule has 0 unspecified atom stereocenters. The molecule has 0 radical (unpaired) electrons. The third kappa shape index (κ3) is 3.48. The molecule has 26 heavy (non-hydrogen) atoms. The normalized spacial score (nSPS) is 14.3. The molecule has 0 saturated carbocycles. The lowest BCUT2D eigenvalue weighted by molar-refractivity contribution is 0.474. The Morgan fingerprint density at radius 2 is 2.00 bits per heavy atom. The molecule has 0 saturated heterocycles. The molecule has 1 N–H and O–H groups in total. The van der Waals surface area contributed by atoms with Gasteiger partial charge in [-0.2, -0.15) is 0 Å². The molecule has 0 spiro atoms. The van der Waals surface area contributed by atoms with E-state index in [9.17, 15) is 5.11 Å². The van der Waals surface area contributed by atoms with Crippen molar-refractivity contribution in [1.29, 1.82) is 0 Å². The summed E-state index contributed by atoms with van der Waals surface area (Å²) in [4.78, 5) is 4.48. The fourth-order valence-electron chi connectivity index (χ4n) is 3.20. The van der Waals surface area contributed by atoms with E-state index in [0.29, 0.717) is 10.6 Å². The van der Waals surface area contributed by atoms with Crippen LogP contribution in [0.3, 0.4) is 0 Å². The molecule has 132 valence electrons. The number of rotatable bonds is 3. The van der Waals surface area contributed by atoms with Gasteiger partial charge in [0.15, 0.2) is 5.82 Å². The van der Waals surface area contributed by atoms with Crippen molar-refractivity contribution in [3.8, 4) is 17.1 Å². The van der Waals surface area contributed by atoms with Crippen molar-refractivity contribution < 1.29 is 5.11 Å². The van der Waals surface area contributed by atoms with E-state index in [0.717, 1.165) is 42.3 Å². The summed E-state index contributed by atoms with van der Waals surface area (Å²) in [7, 11) is 0. The van der Waals surface area contributed by atoms with Crippen molar-refractivity contribution in [2.75, 3.05) is 0 Å². The monoisotopic (exact) mass is 366 g/mol. The third-order valence-electron chi connectivity index (χ3n) is 4.56. The van der Waals surface area contributed by atoms with Gasteiger partial charge in [-0.05, 0) is 43.2 Å². The highest BCUT2D eigenvalue weighted by Crippen LogP contribution is 2.26. The van der Waals surface area contributed by atoms with Crippen LogP contribution in [0.2, 0.25) is 5.02 Å². The van der Waals surface area contributed by atoms with Gasteiger partial charge in [-0.3, -0.25) is 4.99 Å². The molecule has 1 aliphatic heterocycles. The molecule has 2 aromatic carbocycles. The van der Waals surface area contributed by atoms with Crippen molar-refractivity contribution in [3.63, 3.8) is 0 Å². The van der Waals surface area contributed by atoms with Crippen LogP contribution in [0, 0.1) is 0 Å². The number of hydrogen-bond donors (Lipinski definition) is 1. The van der Waals surface area contributed by atoms with Crippen molar-refractivity contribution in [1.82, 2.24) is 14.8 Å². The summed E-state index contributed by atoms with van der Waals surface area (Å²) < 4.78 is 2.22. The van der Waals surface area contributed by atoms with Gasteiger partial charge in [0.2, 0.25) is 0 Å². The van der Waals surface area contributed by atoms with Gasteiger partial charge in [-0.1, -0.05) is 30.2 Å². The zero-order chi connectivity index (χ0) is 17.9. The molecule has 0 bridgehead atoms. The Kier molecular flexibility index (Phi) is 4.71. The second-order valence-corrected chi connectivity index (χ2v) is 6.85. The molecular formula is C20H19ClN4O. The molecule has 0 amide bonds. The predicted octanol–water partition coefficient (Wildman–Crippen LogP) is 4.78. The first-order valence-corrected chi connectivity index (χ1v) is 9.13. The number of aromatic nitrogens is 3. The van der Waals surface area contributed by atoms with Crippen LogP contribution in [-0.4, -0.2) is 26.1 Å². The van der Waals surface area contributed by atoms with E-state index in [1.54, 1.807) is 24.4 Å². The van der Waals surface area contributed by atoms with E-state index in [1.165, 1.54) is 12.8 Å². The Morgan fingerprint density at radius 3 is 2.92 bits per heavy atom. The average molecular weight is 367 g/mol. The van der Waals surface area contributed by atoms with Gasteiger partial charge in [0.25, 0.3) is 0 Å². The van der Waals surface area contributed by atoms with Crippen LogP contribution in [0.25, 0.3) is 11.4 Å². The maximum atomic E-state index is 9.91. The number of halogens is 1. The Balaban J connectivity index is 1.64. The van der Waals surface area contributed by atoms with E-state index in [-0.39, 0.29) is 5.75 Å². The average Bonchev–Trinajstić information content (AvgIpc) is 2.91. The number of phenolic OH excluding ortho intramolecular Hbond substituents is 1. The summed E-state index contributed by atoms with van der Waals surface area (Å²) in [5.41, 5.74) is 2.36. The van der Waals surface area contributed by atoms with Crippen molar-refractivity contribution in [3.05, 3.63) is 58.9 Å². The first-order chi connectivity index (χ1) is 12.7. The van der Waals surface area contributed by atoms with E-state index >= 15 is 0 Å². The minimum Gasteiger partial charge on any atom is -0.507 e. The van der Waals surface area contributed by atoms with Crippen molar-refractivity contribution in [2.45, 2.75) is 32.2 Å². The van der Waals surface area contributed by atoms with Gasteiger partial charge in [-0.15, -0.1) is 10.2 Å².